The number of aryl methyl sites for hydroxylation is 1. The number of hydrogen-bond acceptors (Lipinski definition) is 1. The average Bonchev–Trinajstić information content (AvgIpc) is 2.46. The molecule has 1 aliphatic carbocycles. The third-order valence-corrected chi connectivity index (χ3v) is 4.07. The second kappa shape index (κ2) is 5.08. The van der Waals surface area contributed by atoms with Gasteiger partial charge in [0.05, 0.1) is 0 Å². The number of hydrogen-bond donors (Lipinski definition) is 1. The molecular formula is C17H16FNO. The lowest BCUT2D eigenvalue weighted by molar-refractivity contribution is 0.0998. The molecule has 0 aromatic heterocycles. The molecule has 2 aromatic carbocycles. The van der Waals surface area contributed by atoms with Crippen molar-refractivity contribution in [2.75, 3.05) is 0 Å². The van der Waals surface area contributed by atoms with Gasteiger partial charge < -0.3 is 5.73 Å². The van der Waals surface area contributed by atoms with E-state index in [1.165, 1.54) is 29.3 Å². The Bertz CT molecular complexity index is 666. The molecule has 0 radical (unpaired) electrons. The van der Waals surface area contributed by atoms with Gasteiger partial charge in [-0.15, -0.1) is 0 Å². The summed E-state index contributed by atoms with van der Waals surface area (Å²) in [7, 11) is 0. The molecule has 1 unspecified atom stereocenters. The molecule has 2 N–H and O–H groups in total. The van der Waals surface area contributed by atoms with Crippen molar-refractivity contribution < 1.29 is 9.18 Å². The zero-order chi connectivity index (χ0) is 14.1. The highest BCUT2D eigenvalue weighted by atomic mass is 19.1. The molecule has 0 bridgehead atoms. The smallest absolute Gasteiger partial charge is 0.248 e. The molecule has 3 rings (SSSR count). The molecule has 102 valence electrons. The number of carbonyl (C=O) groups is 1. The van der Waals surface area contributed by atoms with Crippen molar-refractivity contribution in [3.8, 4) is 0 Å². The summed E-state index contributed by atoms with van der Waals surface area (Å²) in [5.41, 5.74) is 9.22. The van der Waals surface area contributed by atoms with Gasteiger partial charge in [-0.2, -0.15) is 0 Å². The zero-order valence-electron chi connectivity index (χ0n) is 11.1. The Morgan fingerprint density at radius 1 is 1.15 bits per heavy atom. The number of fused-ring (bicyclic) bond motifs is 1. The lowest BCUT2D eigenvalue weighted by atomic mass is 9.78. The molecule has 1 aliphatic rings. The fourth-order valence-corrected chi connectivity index (χ4v) is 3.06. The van der Waals surface area contributed by atoms with Gasteiger partial charge >= 0.3 is 0 Å². The Morgan fingerprint density at radius 3 is 2.65 bits per heavy atom. The van der Waals surface area contributed by atoms with Crippen LogP contribution in [0.25, 0.3) is 0 Å². The van der Waals surface area contributed by atoms with Crippen LogP contribution in [0.5, 0.6) is 0 Å². The number of benzene rings is 2. The van der Waals surface area contributed by atoms with Crippen molar-refractivity contribution in [2.45, 2.75) is 25.2 Å². The maximum absolute atomic E-state index is 13.5. The summed E-state index contributed by atoms with van der Waals surface area (Å²) in [6, 6.07) is 12.5. The number of halogens is 1. The number of rotatable bonds is 2. The van der Waals surface area contributed by atoms with Crippen LogP contribution in [0.4, 0.5) is 4.39 Å². The van der Waals surface area contributed by atoms with E-state index in [0.29, 0.717) is 5.56 Å². The van der Waals surface area contributed by atoms with Crippen LogP contribution in [0.15, 0.2) is 42.5 Å². The first-order valence-electron chi connectivity index (χ1n) is 6.81. The predicted octanol–water partition coefficient (Wildman–Crippen LogP) is 3.20. The van der Waals surface area contributed by atoms with Gasteiger partial charge in [0.2, 0.25) is 5.91 Å². The van der Waals surface area contributed by atoms with Crippen LogP contribution in [0, 0.1) is 5.82 Å². The minimum Gasteiger partial charge on any atom is -0.366 e. The molecule has 0 fully saturated rings. The first-order valence-corrected chi connectivity index (χ1v) is 6.81. The summed E-state index contributed by atoms with van der Waals surface area (Å²) in [6.07, 6.45) is 2.70. The number of nitrogens with two attached hydrogens (primary N) is 1. The van der Waals surface area contributed by atoms with Crippen LogP contribution < -0.4 is 5.73 Å². The predicted molar refractivity (Wildman–Crippen MR) is 76.1 cm³/mol. The molecule has 20 heavy (non-hydrogen) atoms. The second-order valence-electron chi connectivity index (χ2n) is 5.30. The van der Waals surface area contributed by atoms with Crippen molar-refractivity contribution in [3.05, 3.63) is 70.5 Å². The number of primary amides is 1. The van der Waals surface area contributed by atoms with E-state index < -0.39 is 5.91 Å². The monoisotopic (exact) mass is 269 g/mol. The van der Waals surface area contributed by atoms with E-state index in [4.69, 9.17) is 5.73 Å². The van der Waals surface area contributed by atoms with Gasteiger partial charge in [0, 0.05) is 5.56 Å². The Kier molecular flexibility index (Phi) is 3.26. The first-order chi connectivity index (χ1) is 9.65. The van der Waals surface area contributed by atoms with E-state index in [2.05, 4.69) is 12.1 Å². The Balaban J connectivity index is 1.99. The fraction of sp³-hybridized carbons (Fsp3) is 0.235. The fourth-order valence-electron chi connectivity index (χ4n) is 3.06. The molecule has 0 spiro atoms. The highest BCUT2D eigenvalue weighted by molar-refractivity contribution is 5.94. The van der Waals surface area contributed by atoms with E-state index in [0.717, 1.165) is 24.8 Å². The Labute approximate surface area is 117 Å². The standard InChI is InChI=1S/C17H16FNO/c18-14-7-8-15(17(19)20)16(10-14)13-6-5-11-3-1-2-4-12(11)9-13/h1-4,7-8,10,13H,5-6,9H2,(H2,19,20). The van der Waals surface area contributed by atoms with Crippen LogP contribution in [0.3, 0.4) is 0 Å². The topological polar surface area (TPSA) is 43.1 Å². The van der Waals surface area contributed by atoms with Crippen LogP contribution >= 0.6 is 0 Å². The molecule has 2 nitrogen and oxygen atoms in total. The lowest BCUT2D eigenvalue weighted by Gasteiger charge is -2.26. The van der Waals surface area contributed by atoms with Crippen molar-refractivity contribution in [3.63, 3.8) is 0 Å². The Hall–Kier alpha value is -2.16. The molecule has 0 saturated heterocycles. The van der Waals surface area contributed by atoms with Gasteiger partial charge in [0.25, 0.3) is 0 Å². The molecule has 1 amide bonds. The SMILES string of the molecule is NC(=O)c1ccc(F)cc1C1CCc2ccccc2C1. The van der Waals surface area contributed by atoms with Gasteiger partial charge in [0.15, 0.2) is 0 Å². The summed E-state index contributed by atoms with van der Waals surface area (Å²) in [4.78, 5) is 11.5. The number of amides is 1. The minimum atomic E-state index is -0.487. The normalized spacial score (nSPS) is 17.6. The van der Waals surface area contributed by atoms with E-state index in [9.17, 15) is 9.18 Å². The van der Waals surface area contributed by atoms with Gasteiger partial charge in [0.1, 0.15) is 5.82 Å². The van der Waals surface area contributed by atoms with Crippen molar-refractivity contribution in [1.29, 1.82) is 0 Å². The Morgan fingerprint density at radius 2 is 1.90 bits per heavy atom. The van der Waals surface area contributed by atoms with Crippen LogP contribution in [0.1, 0.15) is 39.4 Å². The lowest BCUT2D eigenvalue weighted by Crippen LogP contribution is -2.19. The molecule has 1 atom stereocenters. The van der Waals surface area contributed by atoms with Crippen molar-refractivity contribution in [2.24, 2.45) is 5.73 Å². The highest BCUT2D eigenvalue weighted by Crippen LogP contribution is 2.34. The largest absolute Gasteiger partial charge is 0.366 e. The molecule has 0 aliphatic heterocycles. The van der Waals surface area contributed by atoms with Gasteiger partial charge in [-0.25, -0.2) is 4.39 Å². The highest BCUT2D eigenvalue weighted by Gasteiger charge is 2.23. The van der Waals surface area contributed by atoms with E-state index in [1.54, 1.807) is 0 Å². The summed E-state index contributed by atoms with van der Waals surface area (Å²) in [5, 5.41) is 0. The second-order valence-corrected chi connectivity index (χ2v) is 5.30. The quantitative estimate of drug-likeness (QED) is 0.894. The van der Waals surface area contributed by atoms with Crippen molar-refractivity contribution in [1.82, 2.24) is 0 Å². The van der Waals surface area contributed by atoms with E-state index in [-0.39, 0.29) is 11.7 Å². The summed E-state index contributed by atoms with van der Waals surface area (Å²) >= 11 is 0. The third kappa shape index (κ3) is 2.31. The zero-order valence-corrected chi connectivity index (χ0v) is 11.1. The van der Waals surface area contributed by atoms with Gasteiger partial charge in [-0.1, -0.05) is 24.3 Å². The van der Waals surface area contributed by atoms with Crippen LogP contribution in [-0.2, 0) is 12.8 Å². The van der Waals surface area contributed by atoms with Gasteiger partial charge in [-0.3, -0.25) is 4.79 Å². The number of carbonyl (C=O) groups excluding carboxylic acids is 1. The molecule has 0 saturated carbocycles. The molecule has 3 heteroatoms. The van der Waals surface area contributed by atoms with E-state index >= 15 is 0 Å². The summed E-state index contributed by atoms with van der Waals surface area (Å²) in [6.45, 7) is 0. The summed E-state index contributed by atoms with van der Waals surface area (Å²) < 4.78 is 13.5. The van der Waals surface area contributed by atoms with Crippen LogP contribution in [0.2, 0.25) is 0 Å². The first kappa shape index (κ1) is 12.9. The molecule has 2 aromatic rings. The van der Waals surface area contributed by atoms with Crippen LogP contribution in [-0.4, -0.2) is 5.91 Å². The molecular weight excluding hydrogens is 253 g/mol. The minimum absolute atomic E-state index is 0.156. The maximum Gasteiger partial charge on any atom is 0.248 e. The van der Waals surface area contributed by atoms with Crippen molar-refractivity contribution >= 4 is 5.91 Å². The third-order valence-electron chi connectivity index (χ3n) is 4.07. The molecule has 0 heterocycles. The average molecular weight is 269 g/mol. The van der Waals surface area contributed by atoms with Gasteiger partial charge in [-0.05, 0) is 60.1 Å². The van der Waals surface area contributed by atoms with E-state index in [1.807, 2.05) is 12.1 Å². The summed E-state index contributed by atoms with van der Waals surface area (Å²) in [5.74, 6) is -0.647. The maximum atomic E-state index is 13.5.